The first-order valence-corrected chi connectivity index (χ1v) is 6.12. The van der Waals surface area contributed by atoms with Gasteiger partial charge in [-0.2, -0.15) is 13.2 Å². The van der Waals surface area contributed by atoms with Crippen molar-refractivity contribution in [2.24, 2.45) is 11.1 Å². The zero-order chi connectivity index (χ0) is 15.0. The fraction of sp³-hybridized carbons (Fsp3) is 0.538. The summed E-state index contributed by atoms with van der Waals surface area (Å²) in [4.78, 5) is 0. The lowest BCUT2D eigenvalue weighted by molar-refractivity contribution is -0.137. The molecule has 7 heteroatoms. The molecule has 0 aromatic heterocycles. The zero-order valence-electron chi connectivity index (χ0n) is 11.3. The van der Waals surface area contributed by atoms with E-state index in [1.54, 1.807) is 20.8 Å². The standard InChI is InChI=1S/C13H17ClF3NO.ClH/c1-12(2,3)11(19)10(18)8-6-7(13(15,16)17)4-5-9(8)14;/h4-6,10-11,19H,18H2,1-3H3;1H/t10-,11-;/m1./s1. The molecule has 0 bridgehead atoms. The van der Waals surface area contributed by atoms with Crippen LogP contribution in [-0.2, 0) is 6.18 Å². The maximum absolute atomic E-state index is 12.7. The summed E-state index contributed by atoms with van der Waals surface area (Å²) < 4.78 is 38.0. The molecule has 0 unspecified atom stereocenters. The van der Waals surface area contributed by atoms with E-state index in [2.05, 4.69) is 0 Å². The molecule has 0 amide bonds. The number of rotatable bonds is 2. The van der Waals surface area contributed by atoms with Gasteiger partial charge in [0.1, 0.15) is 0 Å². The van der Waals surface area contributed by atoms with Crippen molar-refractivity contribution >= 4 is 24.0 Å². The van der Waals surface area contributed by atoms with Crippen molar-refractivity contribution < 1.29 is 18.3 Å². The minimum Gasteiger partial charge on any atom is -0.391 e. The third kappa shape index (κ3) is 4.52. The summed E-state index contributed by atoms with van der Waals surface area (Å²) >= 11 is 5.88. The maximum Gasteiger partial charge on any atom is 0.416 e. The van der Waals surface area contributed by atoms with Crippen LogP contribution in [0, 0.1) is 5.41 Å². The number of benzene rings is 1. The van der Waals surface area contributed by atoms with Crippen molar-refractivity contribution in [1.82, 2.24) is 0 Å². The molecule has 1 aromatic carbocycles. The van der Waals surface area contributed by atoms with Crippen molar-refractivity contribution in [2.75, 3.05) is 0 Å². The highest BCUT2D eigenvalue weighted by Crippen LogP contribution is 2.36. The lowest BCUT2D eigenvalue weighted by atomic mass is 9.82. The molecule has 0 aliphatic rings. The van der Waals surface area contributed by atoms with E-state index in [9.17, 15) is 18.3 Å². The van der Waals surface area contributed by atoms with Crippen LogP contribution in [0.15, 0.2) is 18.2 Å². The van der Waals surface area contributed by atoms with Gasteiger partial charge in [-0.3, -0.25) is 0 Å². The molecule has 0 fully saturated rings. The van der Waals surface area contributed by atoms with Crippen LogP contribution in [0.5, 0.6) is 0 Å². The molecule has 3 N–H and O–H groups in total. The van der Waals surface area contributed by atoms with Gasteiger partial charge in [0, 0.05) is 5.02 Å². The summed E-state index contributed by atoms with van der Waals surface area (Å²) in [6.45, 7) is 5.25. The first kappa shape index (κ1) is 19.5. The minimum absolute atomic E-state index is 0. The second kappa shape index (κ2) is 6.52. The molecule has 1 rings (SSSR count). The zero-order valence-corrected chi connectivity index (χ0v) is 12.9. The average Bonchev–Trinajstić information content (AvgIpc) is 2.25. The van der Waals surface area contributed by atoms with Gasteiger partial charge in [0.2, 0.25) is 0 Å². The maximum atomic E-state index is 12.7. The summed E-state index contributed by atoms with van der Waals surface area (Å²) in [5.41, 5.74) is 4.54. The number of hydrogen-bond donors (Lipinski definition) is 2. The van der Waals surface area contributed by atoms with Crippen molar-refractivity contribution in [1.29, 1.82) is 0 Å². The summed E-state index contributed by atoms with van der Waals surface area (Å²) in [5, 5.41) is 10.2. The van der Waals surface area contributed by atoms with Gasteiger partial charge in [-0.25, -0.2) is 0 Å². The molecule has 2 atom stereocenters. The SMILES string of the molecule is CC(C)(C)[C@H](O)[C@H](N)c1cc(C(F)(F)F)ccc1Cl.Cl. The molecule has 0 aliphatic heterocycles. The normalized spacial score (nSPS) is 15.4. The van der Waals surface area contributed by atoms with Gasteiger partial charge in [-0.15, -0.1) is 12.4 Å². The number of alkyl halides is 3. The molecule has 1 aromatic rings. The molecule has 116 valence electrons. The molecule has 0 heterocycles. The van der Waals surface area contributed by atoms with Crippen LogP contribution in [0.3, 0.4) is 0 Å². The fourth-order valence-corrected chi connectivity index (χ4v) is 1.93. The molecule has 0 radical (unpaired) electrons. The van der Waals surface area contributed by atoms with Gasteiger partial charge in [0.25, 0.3) is 0 Å². The Morgan fingerprint density at radius 2 is 1.70 bits per heavy atom. The van der Waals surface area contributed by atoms with Crippen molar-refractivity contribution in [3.8, 4) is 0 Å². The van der Waals surface area contributed by atoms with Gasteiger partial charge in [0.15, 0.2) is 0 Å². The van der Waals surface area contributed by atoms with E-state index < -0.39 is 29.3 Å². The Kier molecular flexibility index (Phi) is 6.36. The molecular formula is C13H18Cl2F3NO. The third-order valence-electron chi connectivity index (χ3n) is 2.91. The number of hydrogen-bond acceptors (Lipinski definition) is 2. The molecule has 2 nitrogen and oxygen atoms in total. The molecular weight excluding hydrogens is 314 g/mol. The Morgan fingerprint density at radius 1 is 1.20 bits per heavy atom. The average molecular weight is 332 g/mol. The number of aliphatic hydroxyl groups is 1. The van der Waals surface area contributed by atoms with Crippen LogP contribution in [-0.4, -0.2) is 11.2 Å². The first-order chi connectivity index (χ1) is 8.44. The summed E-state index contributed by atoms with van der Waals surface area (Å²) in [6.07, 6.45) is -5.47. The second-order valence-electron chi connectivity index (χ2n) is 5.57. The van der Waals surface area contributed by atoms with E-state index >= 15 is 0 Å². The van der Waals surface area contributed by atoms with Crippen molar-refractivity contribution in [3.05, 3.63) is 34.3 Å². The highest BCUT2D eigenvalue weighted by molar-refractivity contribution is 6.31. The Hall–Kier alpha value is -0.490. The van der Waals surface area contributed by atoms with Crippen LogP contribution in [0.4, 0.5) is 13.2 Å². The van der Waals surface area contributed by atoms with Crippen LogP contribution < -0.4 is 5.73 Å². The molecule has 0 saturated heterocycles. The predicted octanol–water partition coefficient (Wildman–Crippen LogP) is 4.19. The lowest BCUT2D eigenvalue weighted by Gasteiger charge is -2.31. The summed E-state index contributed by atoms with van der Waals surface area (Å²) in [6, 6.07) is 1.95. The molecule has 20 heavy (non-hydrogen) atoms. The largest absolute Gasteiger partial charge is 0.416 e. The highest BCUT2D eigenvalue weighted by Gasteiger charge is 2.34. The second-order valence-corrected chi connectivity index (χ2v) is 5.98. The van der Waals surface area contributed by atoms with Gasteiger partial charge < -0.3 is 10.8 Å². The van der Waals surface area contributed by atoms with Gasteiger partial charge >= 0.3 is 6.18 Å². The Bertz CT molecular complexity index is 458. The topological polar surface area (TPSA) is 46.2 Å². The molecule has 0 spiro atoms. The molecule has 0 aliphatic carbocycles. The van der Waals surface area contributed by atoms with E-state index in [4.69, 9.17) is 17.3 Å². The van der Waals surface area contributed by atoms with E-state index in [1.807, 2.05) is 0 Å². The van der Waals surface area contributed by atoms with Crippen molar-refractivity contribution in [2.45, 2.75) is 39.1 Å². The fourth-order valence-electron chi connectivity index (χ4n) is 1.68. The number of aliphatic hydroxyl groups excluding tert-OH is 1. The Morgan fingerprint density at radius 3 is 2.10 bits per heavy atom. The lowest BCUT2D eigenvalue weighted by Crippen LogP contribution is -2.37. The first-order valence-electron chi connectivity index (χ1n) is 5.75. The van der Waals surface area contributed by atoms with E-state index in [0.717, 1.165) is 18.2 Å². The van der Waals surface area contributed by atoms with Crippen molar-refractivity contribution in [3.63, 3.8) is 0 Å². The quantitative estimate of drug-likeness (QED) is 0.853. The number of halogens is 5. The van der Waals surface area contributed by atoms with Crippen LogP contribution in [0.2, 0.25) is 5.02 Å². The van der Waals surface area contributed by atoms with Crippen LogP contribution in [0.1, 0.15) is 37.9 Å². The van der Waals surface area contributed by atoms with E-state index in [1.165, 1.54) is 0 Å². The monoisotopic (exact) mass is 331 g/mol. The highest BCUT2D eigenvalue weighted by atomic mass is 35.5. The summed E-state index contributed by atoms with van der Waals surface area (Å²) in [7, 11) is 0. The Labute approximate surface area is 127 Å². The Balaban J connectivity index is 0.00000361. The predicted molar refractivity (Wildman–Crippen MR) is 76.1 cm³/mol. The third-order valence-corrected chi connectivity index (χ3v) is 3.25. The summed E-state index contributed by atoms with van der Waals surface area (Å²) in [5.74, 6) is 0. The number of nitrogens with two attached hydrogens (primary N) is 1. The molecule has 0 saturated carbocycles. The van der Waals surface area contributed by atoms with Gasteiger partial charge in [-0.1, -0.05) is 32.4 Å². The van der Waals surface area contributed by atoms with E-state index in [0.29, 0.717) is 0 Å². The van der Waals surface area contributed by atoms with Crippen LogP contribution >= 0.6 is 24.0 Å². The van der Waals surface area contributed by atoms with Gasteiger partial charge in [-0.05, 0) is 29.2 Å². The van der Waals surface area contributed by atoms with E-state index in [-0.39, 0.29) is 23.0 Å². The van der Waals surface area contributed by atoms with Crippen LogP contribution in [0.25, 0.3) is 0 Å². The smallest absolute Gasteiger partial charge is 0.391 e. The minimum atomic E-state index is -4.47. The van der Waals surface area contributed by atoms with Gasteiger partial charge in [0.05, 0.1) is 17.7 Å².